The summed E-state index contributed by atoms with van der Waals surface area (Å²) in [4.78, 5) is 4.68. The number of fused-ring (bicyclic) bond motifs is 1. The van der Waals surface area contributed by atoms with Gasteiger partial charge in [-0.1, -0.05) is 12.2 Å². The molecule has 50 valence electrons. The lowest BCUT2D eigenvalue weighted by Crippen LogP contribution is -1.69. The van der Waals surface area contributed by atoms with E-state index in [1.54, 1.807) is 0 Å². The van der Waals surface area contributed by atoms with E-state index in [-0.39, 0.29) is 0 Å². The average molecular weight is 169 g/mol. The molecule has 0 aliphatic carbocycles. The van der Waals surface area contributed by atoms with Gasteiger partial charge in [-0.3, -0.25) is 0 Å². The van der Waals surface area contributed by atoms with Crippen LogP contribution in [0.25, 0.3) is 10.3 Å². The normalized spacial score (nSPS) is 10.4. The first kappa shape index (κ1) is 6.00. The summed E-state index contributed by atoms with van der Waals surface area (Å²) in [5.74, 6) is 0. The van der Waals surface area contributed by atoms with Gasteiger partial charge in [-0.05, 0) is 11.4 Å². The second-order valence-electron chi connectivity index (χ2n) is 1.78. The number of rotatable bonds is 0. The van der Waals surface area contributed by atoms with Crippen molar-refractivity contribution >= 4 is 33.8 Å². The first-order valence-electron chi connectivity index (χ1n) is 2.69. The van der Waals surface area contributed by atoms with E-state index in [9.17, 15) is 0 Å². The Hall–Kier alpha value is -0.740. The van der Waals surface area contributed by atoms with Crippen LogP contribution in [0.5, 0.6) is 0 Å². The van der Waals surface area contributed by atoms with Crippen LogP contribution in [0.1, 0.15) is 0 Å². The molecule has 2 nitrogen and oxygen atoms in total. The monoisotopic (exact) mass is 169 g/mol. The van der Waals surface area contributed by atoms with Crippen molar-refractivity contribution in [1.29, 1.82) is 0 Å². The van der Waals surface area contributed by atoms with Crippen LogP contribution in [0.3, 0.4) is 0 Å². The third-order valence-corrected chi connectivity index (χ3v) is 2.32. The molecule has 2 aromatic heterocycles. The molecule has 0 N–H and O–H groups in total. The topological polar surface area (TPSA) is 26.0 Å². The van der Waals surface area contributed by atoms with Gasteiger partial charge in [0.2, 0.25) is 0 Å². The van der Waals surface area contributed by atoms with Gasteiger partial charge >= 0.3 is 0 Å². The molecule has 0 amide bonds. The van der Waals surface area contributed by atoms with E-state index in [2.05, 4.69) is 4.98 Å². The zero-order valence-electron chi connectivity index (χ0n) is 4.90. The summed E-state index contributed by atoms with van der Waals surface area (Å²) in [5.41, 5.74) is 0. The molecule has 2 rings (SSSR count). The number of hydrogen-bond donors (Lipinski definition) is 0. The molecule has 0 aliphatic rings. The van der Waals surface area contributed by atoms with Crippen LogP contribution in [0.15, 0.2) is 22.3 Å². The van der Waals surface area contributed by atoms with Gasteiger partial charge < -0.3 is 4.42 Å². The molecule has 0 fully saturated rings. The highest BCUT2D eigenvalue weighted by Crippen LogP contribution is 2.19. The van der Waals surface area contributed by atoms with Crippen LogP contribution in [0.4, 0.5) is 0 Å². The van der Waals surface area contributed by atoms with Gasteiger partial charge in [-0.15, -0.1) is 11.3 Å². The Bertz CT molecular complexity index is 403. The van der Waals surface area contributed by atoms with E-state index in [1.165, 1.54) is 17.7 Å². The SMILES string of the molecule is S=c1ncoc2sccc12. The maximum Gasteiger partial charge on any atom is 0.192 e. The Morgan fingerprint density at radius 3 is 3.30 bits per heavy atom. The van der Waals surface area contributed by atoms with E-state index in [0.717, 1.165) is 10.3 Å². The molecule has 0 radical (unpaired) electrons. The zero-order valence-corrected chi connectivity index (χ0v) is 6.54. The highest BCUT2D eigenvalue weighted by Gasteiger charge is 1.96. The molecule has 0 saturated carbocycles. The number of aromatic nitrogens is 1. The van der Waals surface area contributed by atoms with Crippen LogP contribution in [-0.2, 0) is 0 Å². The van der Waals surface area contributed by atoms with Crippen LogP contribution < -0.4 is 0 Å². The second kappa shape index (κ2) is 2.14. The van der Waals surface area contributed by atoms with E-state index in [0.29, 0.717) is 4.64 Å². The van der Waals surface area contributed by atoms with E-state index in [4.69, 9.17) is 16.6 Å². The lowest BCUT2D eigenvalue weighted by atomic mass is 10.4. The second-order valence-corrected chi connectivity index (χ2v) is 3.04. The van der Waals surface area contributed by atoms with E-state index in [1.807, 2.05) is 11.4 Å². The molecule has 0 saturated heterocycles. The summed E-state index contributed by atoms with van der Waals surface area (Å²) >= 11 is 6.47. The largest absolute Gasteiger partial charge is 0.434 e. The van der Waals surface area contributed by atoms with Crippen LogP contribution in [0.2, 0.25) is 0 Å². The van der Waals surface area contributed by atoms with Gasteiger partial charge in [-0.2, -0.15) is 0 Å². The van der Waals surface area contributed by atoms with Gasteiger partial charge in [-0.25, -0.2) is 4.98 Å². The lowest BCUT2D eigenvalue weighted by molar-refractivity contribution is 0.586. The van der Waals surface area contributed by atoms with Crippen molar-refractivity contribution in [2.75, 3.05) is 0 Å². The number of nitrogens with zero attached hydrogens (tertiary/aromatic N) is 1. The van der Waals surface area contributed by atoms with Crippen LogP contribution >= 0.6 is 23.6 Å². The Balaban J connectivity index is 3.09. The molecule has 0 unspecified atom stereocenters. The number of hydrogen-bond acceptors (Lipinski definition) is 4. The van der Waals surface area contributed by atoms with Crippen molar-refractivity contribution in [2.45, 2.75) is 0 Å². The summed E-state index contributed by atoms with van der Waals surface area (Å²) in [6, 6.07) is 1.92. The van der Waals surface area contributed by atoms with Gasteiger partial charge in [0, 0.05) is 0 Å². The Kier molecular flexibility index (Phi) is 1.28. The summed E-state index contributed by atoms with van der Waals surface area (Å²) in [6.45, 7) is 0. The molecule has 0 atom stereocenters. The predicted octanol–water partition coefficient (Wildman–Crippen LogP) is 2.62. The first-order valence-corrected chi connectivity index (χ1v) is 3.98. The minimum Gasteiger partial charge on any atom is -0.434 e. The fourth-order valence-corrected chi connectivity index (χ4v) is 1.72. The third kappa shape index (κ3) is 0.767. The smallest absolute Gasteiger partial charge is 0.192 e. The van der Waals surface area contributed by atoms with Crippen molar-refractivity contribution < 1.29 is 4.42 Å². The first-order chi connectivity index (χ1) is 4.88. The summed E-state index contributed by atoms with van der Waals surface area (Å²) in [5, 5.41) is 2.87. The summed E-state index contributed by atoms with van der Waals surface area (Å²) in [7, 11) is 0. The van der Waals surface area contributed by atoms with Gasteiger partial charge in [0.05, 0.1) is 5.39 Å². The van der Waals surface area contributed by atoms with Crippen molar-refractivity contribution in [3.05, 3.63) is 22.5 Å². The Labute approximate surface area is 66.1 Å². The molecular formula is C6H3NOS2. The Morgan fingerprint density at radius 1 is 1.60 bits per heavy atom. The molecule has 0 bridgehead atoms. The fraction of sp³-hybridized carbons (Fsp3) is 0. The predicted molar refractivity (Wildman–Crippen MR) is 42.7 cm³/mol. The highest BCUT2D eigenvalue weighted by molar-refractivity contribution is 7.71. The molecular weight excluding hydrogens is 166 g/mol. The molecule has 4 heteroatoms. The van der Waals surface area contributed by atoms with Crippen molar-refractivity contribution in [3.8, 4) is 0 Å². The summed E-state index contributed by atoms with van der Waals surface area (Å²) in [6.07, 6.45) is 1.38. The van der Waals surface area contributed by atoms with Gasteiger partial charge in [0.25, 0.3) is 0 Å². The average Bonchev–Trinajstić information content (AvgIpc) is 2.36. The van der Waals surface area contributed by atoms with Crippen molar-refractivity contribution in [3.63, 3.8) is 0 Å². The Morgan fingerprint density at radius 2 is 2.50 bits per heavy atom. The molecule has 2 heterocycles. The minimum absolute atomic E-state index is 0.613. The zero-order chi connectivity index (χ0) is 6.97. The maximum absolute atomic E-state index is 5.07. The molecule has 0 aliphatic heterocycles. The van der Waals surface area contributed by atoms with Crippen LogP contribution in [0, 0.1) is 4.64 Å². The molecule has 0 aromatic carbocycles. The quantitative estimate of drug-likeness (QED) is 0.567. The molecule has 0 spiro atoms. The van der Waals surface area contributed by atoms with Crippen molar-refractivity contribution in [2.24, 2.45) is 0 Å². The van der Waals surface area contributed by atoms with Gasteiger partial charge in [0.1, 0.15) is 4.64 Å². The molecule has 2 aromatic rings. The van der Waals surface area contributed by atoms with Gasteiger partial charge in [0.15, 0.2) is 11.3 Å². The minimum atomic E-state index is 0.613. The third-order valence-electron chi connectivity index (χ3n) is 1.19. The maximum atomic E-state index is 5.07. The highest BCUT2D eigenvalue weighted by atomic mass is 32.1. The summed E-state index contributed by atoms with van der Waals surface area (Å²) < 4.78 is 5.69. The lowest BCUT2D eigenvalue weighted by Gasteiger charge is -1.83. The molecule has 10 heavy (non-hydrogen) atoms. The van der Waals surface area contributed by atoms with E-state index >= 15 is 0 Å². The standard InChI is InChI=1S/C6H3NOS2/c9-5-4-1-2-10-6(4)8-3-7-5/h1-3H. The van der Waals surface area contributed by atoms with Crippen molar-refractivity contribution in [1.82, 2.24) is 4.98 Å². The van der Waals surface area contributed by atoms with Crippen LogP contribution in [-0.4, -0.2) is 4.98 Å². The fourth-order valence-electron chi connectivity index (χ4n) is 0.737. The van der Waals surface area contributed by atoms with E-state index < -0.39 is 0 Å². The number of thiophene rings is 1.